The Morgan fingerprint density at radius 3 is 2.89 bits per heavy atom. The monoisotopic (exact) mass is 251 g/mol. The van der Waals surface area contributed by atoms with Gasteiger partial charge >= 0.3 is 0 Å². The van der Waals surface area contributed by atoms with Crippen molar-refractivity contribution in [2.24, 2.45) is 7.05 Å². The molecule has 0 aromatic carbocycles. The quantitative estimate of drug-likeness (QED) is 0.872. The first kappa shape index (κ1) is 13.6. The Labute approximate surface area is 110 Å². The molecule has 1 atom stereocenters. The highest BCUT2D eigenvalue weighted by atomic mass is 16.5. The fourth-order valence-corrected chi connectivity index (χ4v) is 2.75. The highest BCUT2D eigenvalue weighted by Crippen LogP contribution is 2.31. The van der Waals surface area contributed by atoms with E-state index in [1.165, 1.54) is 5.69 Å². The van der Waals surface area contributed by atoms with Crippen LogP contribution in [0.5, 0.6) is 0 Å². The third kappa shape index (κ3) is 2.93. The number of rotatable bonds is 5. The maximum Gasteiger partial charge on any atom is 0.0945 e. The van der Waals surface area contributed by atoms with Crippen molar-refractivity contribution < 1.29 is 4.74 Å². The molecule has 0 spiro atoms. The minimum atomic E-state index is 0.0996. The molecule has 1 aliphatic rings. The van der Waals surface area contributed by atoms with Crippen molar-refractivity contribution in [2.75, 3.05) is 6.61 Å². The van der Waals surface area contributed by atoms with E-state index in [0.717, 1.165) is 38.8 Å². The number of nitrogens with one attached hydrogen (secondary N) is 1. The van der Waals surface area contributed by atoms with Crippen LogP contribution in [0, 0.1) is 0 Å². The molecular weight excluding hydrogens is 226 g/mol. The van der Waals surface area contributed by atoms with Crippen LogP contribution < -0.4 is 5.32 Å². The number of aryl methyl sites for hydroxylation is 1. The van der Waals surface area contributed by atoms with Gasteiger partial charge in [-0.2, -0.15) is 0 Å². The van der Waals surface area contributed by atoms with Gasteiger partial charge < -0.3 is 14.6 Å². The number of imidazole rings is 1. The van der Waals surface area contributed by atoms with Crippen molar-refractivity contribution in [3.05, 3.63) is 18.2 Å². The molecule has 1 aromatic rings. The summed E-state index contributed by atoms with van der Waals surface area (Å²) in [6.07, 6.45) is 8.22. The summed E-state index contributed by atoms with van der Waals surface area (Å²) in [5, 5.41) is 3.65. The molecule has 1 fully saturated rings. The fraction of sp³-hybridized carbons (Fsp3) is 0.786. The van der Waals surface area contributed by atoms with Crippen LogP contribution in [0.3, 0.4) is 0 Å². The van der Waals surface area contributed by atoms with Gasteiger partial charge in [-0.1, -0.05) is 13.8 Å². The Bertz CT molecular complexity index is 371. The first-order chi connectivity index (χ1) is 8.69. The molecule has 0 radical (unpaired) electrons. The zero-order chi connectivity index (χ0) is 13.0. The first-order valence-electron chi connectivity index (χ1n) is 7.01. The number of nitrogens with zero attached hydrogens (tertiary/aromatic N) is 2. The van der Waals surface area contributed by atoms with Gasteiger partial charge in [0.25, 0.3) is 0 Å². The molecule has 0 aliphatic carbocycles. The molecule has 1 aliphatic heterocycles. The summed E-state index contributed by atoms with van der Waals surface area (Å²) in [4.78, 5) is 4.14. The van der Waals surface area contributed by atoms with Gasteiger partial charge in [0.1, 0.15) is 0 Å². The summed E-state index contributed by atoms with van der Waals surface area (Å²) in [5.74, 6) is 0. The van der Waals surface area contributed by atoms with Gasteiger partial charge in [-0.05, 0) is 25.7 Å². The Hall–Kier alpha value is -0.870. The lowest BCUT2D eigenvalue weighted by atomic mass is 9.86. The summed E-state index contributed by atoms with van der Waals surface area (Å²) in [5.41, 5.74) is 1.34. The average molecular weight is 251 g/mol. The van der Waals surface area contributed by atoms with Gasteiger partial charge in [0, 0.05) is 32.4 Å². The summed E-state index contributed by atoms with van der Waals surface area (Å²) in [6, 6.07) is 0.563. The van der Waals surface area contributed by atoms with E-state index in [-0.39, 0.29) is 5.60 Å². The Morgan fingerprint density at radius 1 is 1.50 bits per heavy atom. The molecule has 102 valence electrons. The van der Waals surface area contributed by atoms with Crippen molar-refractivity contribution in [3.8, 4) is 0 Å². The molecule has 4 heteroatoms. The number of aromatic nitrogens is 2. The lowest BCUT2D eigenvalue weighted by Gasteiger charge is -2.40. The van der Waals surface area contributed by atoms with Crippen molar-refractivity contribution in [1.82, 2.24) is 14.9 Å². The van der Waals surface area contributed by atoms with Crippen LogP contribution in [-0.4, -0.2) is 27.8 Å². The molecule has 0 amide bonds. The molecule has 1 N–H and O–H groups in total. The van der Waals surface area contributed by atoms with E-state index in [1.54, 1.807) is 0 Å². The van der Waals surface area contributed by atoms with Crippen molar-refractivity contribution >= 4 is 0 Å². The topological polar surface area (TPSA) is 39.1 Å². The van der Waals surface area contributed by atoms with E-state index < -0.39 is 0 Å². The van der Waals surface area contributed by atoms with E-state index in [1.807, 2.05) is 19.6 Å². The Kier molecular flexibility index (Phi) is 4.40. The molecule has 2 rings (SSSR count). The highest BCUT2D eigenvalue weighted by Gasteiger charge is 2.34. The minimum absolute atomic E-state index is 0.0996. The molecule has 1 saturated heterocycles. The predicted octanol–water partition coefficient (Wildman–Crippen LogP) is 2.25. The van der Waals surface area contributed by atoms with E-state index in [4.69, 9.17) is 4.74 Å². The van der Waals surface area contributed by atoms with E-state index in [2.05, 4.69) is 28.7 Å². The third-order valence-corrected chi connectivity index (χ3v) is 4.27. The lowest BCUT2D eigenvalue weighted by molar-refractivity contribution is -0.0932. The van der Waals surface area contributed by atoms with Gasteiger partial charge in [-0.25, -0.2) is 4.98 Å². The zero-order valence-corrected chi connectivity index (χ0v) is 11.8. The maximum atomic E-state index is 6.00. The second-order valence-corrected chi connectivity index (χ2v) is 5.31. The Morgan fingerprint density at radius 2 is 2.28 bits per heavy atom. The highest BCUT2D eigenvalue weighted by molar-refractivity contribution is 4.98. The largest absolute Gasteiger partial charge is 0.375 e. The second kappa shape index (κ2) is 5.85. The molecule has 1 unspecified atom stereocenters. The van der Waals surface area contributed by atoms with Gasteiger partial charge in [0.05, 0.1) is 17.6 Å². The van der Waals surface area contributed by atoms with Crippen LogP contribution >= 0.6 is 0 Å². The molecule has 2 heterocycles. The van der Waals surface area contributed by atoms with Crippen molar-refractivity contribution in [3.63, 3.8) is 0 Å². The molecule has 4 nitrogen and oxygen atoms in total. The standard InChI is InChI=1S/C14H25N3O/c1-4-14(5-2)8-12(6-7-18-14)16-10-13-9-15-11-17(13)3/h9,11-12,16H,4-8,10H2,1-3H3. The van der Waals surface area contributed by atoms with Crippen molar-refractivity contribution in [1.29, 1.82) is 0 Å². The second-order valence-electron chi connectivity index (χ2n) is 5.31. The molecule has 18 heavy (non-hydrogen) atoms. The van der Waals surface area contributed by atoms with Crippen molar-refractivity contribution in [2.45, 2.75) is 57.7 Å². The fourth-order valence-electron chi connectivity index (χ4n) is 2.75. The Balaban J connectivity index is 1.88. The average Bonchev–Trinajstić information content (AvgIpc) is 2.82. The molecule has 0 saturated carbocycles. The van der Waals surface area contributed by atoms with Crippen LogP contribution in [0.25, 0.3) is 0 Å². The molecule has 1 aromatic heterocycles. The van der Waals surface area contributed by atoms with Crippen LogP contribution in [0.1, 0.15) is 45.2 Å². The smallest absolute Gasteiger partial charge is 0.0945 e. The summed E-state index contributed by atoms with van der Waals surface area (Å²) >= 11 is 0. The SMILES string of the molecule is CCC1(CC)CC(NCc2cncn2C)CCO1. The lowest BCUT2D eigenvalue weighted by Crippen LogP contribution is -2.46. The van der Waals surface area contributed by atoms with Gasteiger partial charge in [-0.3, -0.25) is 0 Å². The van der Waals surface area contributed by atoms with Gasteiger partial charge in [0.15, 0.2) is 0 Å². The predicted molar refractivity (Wildman–Crippen MR) is 72.3 cm³/mol. The van der Waals surface area contributed by atoms with E-state index >= 15 is 0 Å². The number of hydrogen-bond acceptors (Lipinski definition) is 3. The number of ether oxygens (including phenoxy) is 1. The number of hydrogen-bond donors (Lipinski definition) is 1. The van der Waals surface area contributed by atoms with Gasteiger partial charge in [-0.15, -0.1) is 0 Å². The minimum Gasteiger partial charge on any atom is -0.375 e. The first-order valence-corrected chi connectivity index (χ1v) is 7.01. The van der Waals surface area contributed by atoms with Crippen LogP contribution in [-0.2, 0) is 18.3 Å². The third-order valence-electron chi connectivity index (χ3n) is 4.27. The van der Waals surface area contributed by atoms with Gasteiger partial charge in [0.2, 0.25) is 0 Å². The van der Waals surface area contributed by atoms with Crippen LogP contribution in [0.15, 0.2) is 12.5 Å². The van der Waals surface area contributed by atoms with Crippen LogP contribution in [0.2, 0.25) is 0 Å². The molecular formula is C14H25N3O. The van der Waals surface area contributed by atoms with Crippen LogP contribution in [0.4, 0.5) is 0 Å². The summed E-state index contributed by atoms with van der Waals surface area (Å²) in [6.45, 7) is 6.23. The summed E-state index contributed by atoms with van der Waals surface area (Å²) < 4.78 is 8.07. The molecule has 0 bridgehead atoms. The normalized spacial score (nSPS) is 23.2. The maximum absolute atomic E-state index is 6.00. The van der Waals surface area contributed by atoms with E-state index in [9.17, 15) is 0 Å². The van der Waals surface area contributed by atoms with E-state index in [0.29, 0.717) is 6.04 Å². The summed E-state index contributed by atoms with van der Waals surface area (Å²) in [7, 11) is 2.04. The zero-order valence-electron chi connectivity index (χ0n) is 11.8.